The van der Waals surface area contributed by atoms with Gasteiger partial charge in [-0.15, -0.1) is 5.10 Å². The Morgan fingerprint density at radius 3 is 2.94 bits per heavy atom. The van der Waals surface area contributed by atoms with Gasteiger partial charge in [-0.1, -0.05) is 30.0 Å². The highest BCUT2D eigenvalue weighted by Gasteiger charge is 2.36. The maximum atomic E-state index is 13.1. The predicted octanol–water partition coefficient (Wildman–Crippen LogP) is 4.49. The summed E-state index contributed by atoms with van der Waals surface area (Å²) in [5.74, 6) is 2.84. The van der Waals surface area contributed by atoms with Crippen LogP contribution in [-0.2, 0) is 4.79 Å². The molecular weight excluding hydrogens is 414 g/mol. The Balaban J connectivity index is 1.24. The van der Waals surface area contributed by atoms with E-state index in [4.69, 9.17) is 8.83 Å². The number of hydrogen-bond donors (Lipinski definition) is 1. The molecule has 1 N–H and O–H groups in total. The van der Waals surface area contributed by atoms with Crippen LogP contribution in [0, 0.1) is 0 Å². The lowest BCUT2D eigenvalue weighted by molar-refractivity contribution is -0.130. The van der Waals surface area contributed by atoms with Crippen LogP contribution < -0.4 is 0 Å². The summed E-state index contributed by atoms with van der Waals surface area (Å²) >= 11 is 1.31. The van der Waals surface area contributed by atoms with Crippen molar-refractivity contribution >= 4 is 34.3 Å². The smallest absolute Gasteiger partial charge is 0.253 e. The van der Waals surface area contributed by atoms with Gasteiger partial charge in [-0.2, -0.15) is 5.10 Å². The summed E-state index contributed by atoms with van der Waals surface area (Å²) in [5.41, 5.74) is 1.52. The van der Waals surface area contributed by atoms with E-state index >= 15 is 0 Å². The number of aromatic nitrogens is 3. The highest BCUT2D eigenvalue weighted by atomic mass is 32.2. The fourth-order valence-electron chi connectivity index (χ4n) is 3.77. The maximum Gasteiger partial charge on any atom is 0.253 e. The number of nitrogens with zero attached hydrogens (tertiary/aromatic N) is 4. The van der Waals surface area contributed by atoms with Crippen molar-refractivity contribution in [2.75, 3.05) is 5.75 Å². The number of hydrogen-bond acceptors (Lipinski definition) is 7. The van der Waals surface area contributed by atoms with Gasteiger partial charge in [-0.05, 0) is 37.1 Å². The molecule has 0 bridgehead atoms. The summed E-state index contributed by atoms with van der Waals surface area (Å²) in [6, 6.07) is 13.2. The molecule has 1 unspecified atom stereocenters. The first kappa shape index (κ1) is 18.4. The second-order valence-corrected chi connectivity index (χ2v) is 8.68. The minimum atomic E-state index is -0.305. The zero-order valence-corrected chi connectivity index (χ0v) is 17.3. The number of benzene rings is 1. The molecule has 1 fully saturated rings. The van der Waals surface area contributed by atoms with Crippen LogP contribution in [0.3, 0.4) is 0 Å². The number of carbonyl (C=O) groups is 1. The van der Waals surface area contributed by atoms with E-state index in [1.807, 2.05) is 42.5 Å². The molecule has 1 atom stereocenters. The number of carbonyl (C=O) groups excluding carboxylic acids is 1. The van der Waals surface area contributed by atoms with Gasteiger partial charge < -0.3 is 8.83 Å². The van der Waals surface area contributed by atoms with Crippen LogP contribution in [-0.4, -0.2) is 37.6 Å². The lowest BCUT2D eigenvalue weighted by Crippen LogP contribution is -2.28. The number of nitrogens with one attached hydrogen (secondary N) is 1. The van der Waals surface area contributed by atoms with Crippen molar-refractivity contribution in [1.82, 2.24) is 20.2 Å². The number of furan rings is 2. The predicted molar refractivity (Wildman–Crippen MR) is 115 cm³/mol. The van der Waals surface area contributed by atoms with Gasteiger partial charge >= 0.3 is 0 Å². The quantitative estimate of drug-likeness (QED) is 0.450. The van der Waals surface area contributed by atoms with Crippen molar-refractivity contribution in [3.8, 4) is 0 Å². The molecule has 31 heavy (non-hydrogen) atoms. The van der Waals surface area contributed by atoms with Gasteiger partial charge in [-0.25, -0.2) is 9.99 Å². The number of H-pyrrole nitrogens is 1. The second kappa shape index (κ2) is 7.42. The van der Waals surface area contributed by atoms with Gasteiger partial charge in [0.25, 0.3) is 5.91 Å². The topological polar surface area (TPSA) is 101 Å². The molecule has 156 valence electrons. The molecule has 1 amide bonds. The molecule has 4 heterocycles. The van der Waals surface area contributed by atoms with Crippen molar-refractivity contribution in [2.24, 2.45) is 5.10 Å². The van der Waals surface area contributed by atoms with Crippen molar-refractivity contribution in [3.63, 3.8) is 0 Å². The van der Waals surface area contributed by atoms with Gasteiger partial charge in [0.1, 0.15) is 28.9 Å². The van der Waals surface area contributed by atoms with Gasteiger partial charge in [0.05, 0.1) is 12.0 Å². The Morgan fingerprint density at radius 1 is 1.23 bits per heavy atom. The molecule has 1 saturated carbocycles. The number of aromatic amines is 1. The van der Waals surface area contributed by atoms with E-state index in [1.165, 1.54) is 16.8 Å². The van der Waals surface area contributed by atoms with E-state index in [1.54, 1.807) is 6.26 Å². The van der Waals surface area contributed by atoms with E-state index in [0.717, 1.165) is 35.3 Å². The van der Waals surface area contributed by atoms with Crippen molar-refractivity contribution in [1.29, 1.82) is 0 Å². The van der Waals surface area contributed by atoms with Gasteiger partial charge in [-0.3, -0.25) is 9.89 Å². The summed E-state index contributed by atoms with van der Waals surface area (Å²) < 4.78 is 11.6. The van der Waals surface area contributed by atoms with Crippen LogP contribution >= 0.6 is 11.8 Å². The van der Waals surface area contributed by atoms with Crippen LogP contribution in [0.5, 0.6) is 0 Å². The van der Waals surface area contributed by atoms with E-state index in [9.17, 15) is 4.79 Å². The molecule has 3 aromatic heterocycles. The zero-order chi connectivity index (χ0) is 20.8. The highest BCUT2D eigenvalue weighted by molar-refractivity contribution is 7.99. The summed E-state index contributed by atoms with van der Waals surface area (Å²) in [6.07, 6.45) is 4.43. The number of fused-ring (bicyclic) bond motifs is 1. The van der Waals surface area contributed by atoms with Crippen LogP contribution in [0.4, 0.5) is 0 Å². The zero-order valence-electron chi connectivity index (χ0n) is 16.5. The number of thioether (sulfide) groups is 1. The third-order valence-corrected chi connectivity index (χ3v) is 6.35. The van der Waals surface area contributed by atoms with Crippen LogP contribution in [0.15, 0.2) is 67.8 Å². The summed E-state index contributed by atoms with van der Waals surface area (Å²) in [5, 5.41) is 14.9. The molecule has 0 spiro atoms. The number of amides is 1. The molecule has 6 rings (SSSR count). The molecule has 2 aliphatic rings. The minimum absolute atomic E-state index is 0.129. The van der Waals surface area contributed by atoms with E-state index in [-0.39, 0.29) is 17.7 Å². The lowest BCUT2D eigenvalue weighted by Gasteiger charge is -2.19. The molecular formula is C22H19N5O3S. The fraction of sp³-hybridized carbons (Fsp3) is 0.273. The normalized spacial score (nSPS) is 18.6. The maximum absolute atomic E-state index is 13.1. The Hall–Kier alpha value is -3.33. The van der Waals surface area contributed by atoms with Gasteiger partial charge in [0.15, 0.2) is 5.76 Å². The first-order valence-electron chi connectivity index (χ1n) is 10.2. The molecule has 1 aliphatic carbocycles. The SMILES string of the molecule is O=C(CSc1n[nH]c(C2CC2)n1)N1N=C(c2cc3ccccc3o2)CC1c1ccco1. The van der Waals surface area contributed by atoms with Crippen LogP contribution in [0.2, 0.25) is 0 Å². The molecule has 8 nitrogen and oxygen atoms in total. The molecule has 9 heteroatoms. The third kappa shape index (κ3) is 3.54. The Bertz CT molecular complexity index is 1240. The monoisotopic (exact) mass is 433 g/mol. The van der Waals surface area contributed by atoms with Crippen LogP contribution in [0.1, 0.15) is 48.6 Å². The number of para-hydroxylation sites is 1. The molecule has 1 aromatic carbocycles. The van der Waals surface area contributed by atoms with Gasteiger partial charge in [0, 0.05) is 17.7 Å². The highest BCUT2D eigenvalue weighted by Crippen LogP contribution is 2.38. The Morgan fingerprint density at radius 2 is 2.13 bits per heavy atom. The molecule has 4 aromatic rings. The first-order chi connectivity index (χ1) is 15.2. The van der Waals surface area contributed by atoms with Gasteiger partial charge in [0.2, 0.25) is 5.16 Å². The summed E-state index contributed by atoms with van der Waals surface area (Å²) in [4.78, 5) is 17.6. The lowest BCUT2D eigenvalue weighted by atomic mass is 10.1. The van der Waals surface area contributed by atoms with E-state index < -0.39 is 0 Å². The standard InChI is InChI=1S/C22H19N5O3S/c28-20(12-31-22-23-21(24-25-22)13-7-8-13)27-16(18-6-3-9-29-18)11-15(26-27)19-10-14-4-1-2-5-17(14)30-19/h1-6,9-10,13,16H,7-8,11-12H2,(H,23,24,25). The van der Waals surface area contributed by atoms with Crippen molar-refractivity contribution in [2.45, 2.75) is 36.4 Å². The largest absolute Gasteiger partial charge is 0.467 e. The number of rotatable bonds is 6. The summed E-state index contributed by atoms with van der Waals surface area (Å²) in [6.45, 7) is 0. The first-order valence-corrected chi connectivity index (χ1v) is 11.2. The number of hydrazone groups is 1. The minimum Gasteiger partial charge on any atom is -0.467 e. The van der Waals surface area contributed by atoms with E-state index in [0.29, 0.717) is 29.0 Å². The van der Waals surface area contributed by atoms with Crippen molar-refractivity contribution < 1.29 is 13.6 Å². The second-order valence-electron chi connectivity index (χ2n) is 7.73. The fourth-order valence-corrected chi connectivity index (χ4v) is 4.43. The Kier molecular flexibility index (Phi) is 4.41. The third-order valence-electron chi connectivity index (χ3n) is 5.52. The average molecular weight is 433 g/mol. The van der Waals surface area contributed by atoms with Crippen LogP contribution in [0.25, 0.3) is 11.0 Å². The Labute approximate surface area is 181 Å². The average Bonchev–Trinajstić information content (AvgIpc) is 3.25. The molecule has 0 saturated heterocycles. The molecule has 0 radical (unpaired) electrons. The summed E-state index contributed by atoms with van der Waals surface area (Å²) in [7, 11) is 0. The van der Waals surface area contributed by atoms with Crippen molar-refractivity contribution in [3.05, 3.63) is 66.1 Å². The molecule has 1 aliphatic heterocycles. The van der Waals surface area contributed by atoms with E-state index in [2.05, 4.69) is 20.3 Å².